The Labute approximate surface area is 134 Å². The number of carbonyl (C=O) groups excluding carboxylic acids is 2. The van der Waals surface area contributed by atoms with Gasteiger partial charge >= 0.3 is 0 Å². The molecule has 0 saturated carbocycles. The first-order chi connectivity index (χ1) is 11.2. The molecule has 1 aliphatic heterocycles. The van der Waals surface area contributed by atoms with E-state index in [1.54, 1.807) is 15.9 Å². The first-order valence-electron chi connectivity index (χ1n) is 7.68. The summed E-state index contributed by atoms with van der Waals surface area (Å²) in [4.78, 5) is 32.0. The van der Waals surface area contributed by atoms with Crippen molar-refractivity contribution in [1.29, 1.82) is 0 Å². The van der Waals surface area contributed by atoms with E-state index < -0.39 is 0 Å². The van der Waals surface area contributed by atoms with E-state index in [0.717, 1.165) is 0 Å². The summed E-state index contributed by atoms with van der Waals surface area (Å²) >= 11 is 0. The Balaban J connectivity index is 1.48. The fourth-order valence-corrected chi connectivity index (χ4v) is 2.64. The zero-order chi connectivity index (χ0) is 16.1. The summed E-state index contributed by atoms with van der Waals surface area (Å²) in [7, 11) is 0. The van der Waals surface area contributed by atoms with Gasteiger partial charge in [0.25, 0.3) is 5.91 Å². The van der Waals surface area contributed by atoms with Crippen molar-refractivity contribution in [3.8, 4) is 0 Å². The van der Waals surface area contributed by atoms with E-state index in [2.05, 4.69) is 10.1 Å². The van der Waals surface area contributed by atoms with Crippen LogP contribution in [0.5, 0.6) is 0 Å². The molecule has 23 heavy (non-hydrogen) atoms. The van der Waals surface area contributed by atoms with Gasteiger partial charge in [0.2, 0.25) is 5.91 Å². The number of carbonyl (C=O) groups is 2. The van der Waals surface area contributed by atoms with Crippen molar-refractivity contribution < 1.29 is 9.59 Å². The number of benzene rings is 1. The molecular weight excluding hydrogens is 294 g/mol. The summed E-state index contributed by atoms with van der Waals surface area (Å²) in [5.41, 5.74) is 0.693. The highest BCUT2D eigenvalue weighted by Gasteiger charge is 2.24. The lowest BCUT2D eigenvalue weighted by Gasteiger charge is -2.34. The first-order valence-corrected chi connectivity index (χ1v) is 7.68. The molecule has 0 spiro atoms. The molecule has 0 unspecified atom stereocenters. The number of piperazine rings is 1. The molecule has 7 heteroatoms. The number of amides is 2. The maximum atomic E-state index is 12.4. The molecule has 120 valence electrons. The number of hydrogen-bond donors (Lipinski definition) is 0. The Morgan fingerprint density at radius 1 is 1.00 bits per heavy atom. The lowest BCUT2D eigenvalue weighted by molar-refractivity contribution is -0.132. The maximum Gasteiger partial charge on any atom is 0.253 e. The van der Waals surface area contributed by atoms with Crippen LogP contribution < -0.4 is 0 Å². The van der Waals surface area contributed by atoms with Crippen molar-refractivity contribution in [2.75, 3.05) is 26.2 Å². The van der Waals surface area contributed by atoms with E-state index in [0.29, 0.717) is 44.7 Å². The van der Waals surface area contributed by atoms with Gasteiger partial charge in [-0.3, -0.25) is 14.3 Å². The van der Waals surface area contributed by atoms with E-state index in [1.165, 1.54) is 6.33 Å². The van der Waals surface area contributed by atoms with Gasteiger partial charge in [0.05, 0.1) is 6.54 Å². The molecule has 1 aromatic heterocycles. The van der Waals surface area contributed by atoms with Crippen molar-refractivity contribution in [3.63, 3.8) is 0 Å². The second-order valence-electron chi connectivity index (χ2n) is 5.45. The van der Waals surface area contributed by atoms with Crippen LogP contribution in [0.2, 0.25) is 0 Å². The molecule has 1 aliphatic rings. The second-order valence-corrected chi connectivity index (χ2v) is 5.45. The van der Waals surface area contributed by atoms with Gasteiger partial charge in [0, 0.05) is 38.2 Å². The van der Waals surface area contributed by atoms with Gasteiger partial charge in [0.1, 0.15) is 12.7 Å². The van der Waals surface area contributed by atoms with Gasteiger partial charge in [-0.2, -0.15) is 5.10 Å². The molecule has 2 aromatic rings. The fraction of sp³-hybridized carbons (Fsp3) is 0.375. The zero-order valence-electron chi connectivity index (χ0n) is 12.8. The van der Waals surface area contributed by atoms with Crippen LogP contribution in [0.15, 0.2) is 43.0 Å². The number of hydrogen-bond acceptors (Lipinski definition) is 4. The third kappa shape index (κ3) is 3.74. The molecular formula is C16H19N5O2. The first kappa shape index (κ1) is 15.2. The average Bonchev–Trinajstić information content (AvgIpc) is 3.13. The topological polar surface area (TPSA) is 71.3 Å². The number of aryl methyl sites for hydroxylation is 1. The molecule has 0 atom stereocenters. The Morgan fingerprint density at radius 3 is 2.35 bits per heavy atom. The molecule has 1 fully saturated rings. The van der Waals surface area contributed by atoms with E-state index in [9.17, 15) is 9.59 Å². The van der Waals surface area contributed by atoms with Gasteiger partial charge in [-0.05, 0) is 12.1 Å². The quantitative estimate of drug-likeness (QED) is 0.831. The Kier molecular flexibility index (Phi) is 4.65. The lowest BCUT2D eigenvalue weighted by atomic mass is 10.2. The molecule has 1 saturated heterocycles. The number of rotatable bonds is 4. The normalized spacial score (nSPS) is 14.8. The van der Waals surface area contributed by atoms with Crippen LogP contribution in [0, 0.1) is 0 Å². The minimum absolute atomic E-state index is 0.0281. The third-order valence-electron chi connectivity index (χ3n) is 3.96. The van der Waals surface area contributed by atoms with Crippen LogP contribution in [0.4, 0.5) is 0 Å². The smallest absolute Gasteiger partial charge is 0.253 e. The fourth-order valence-electron chi connectivity index (χ4n) is 2.64. The molecule has 2 heterocycles. The highest BCUT2D eigenvalue weighted by molar-refractivity contribution is 5.94. The third-order valence-corrected chi connectivity index (χ3v) is 3.96. The van der Waals surface area contributed by atoms with E-state index >= 15 is 0 Å². The van der Waals surface area contributed by atoms with Crippen molar-refractivity contribution in [2.24, 2.45) is 0 Å². The number of aromatic nitrogens is 3. The Bertz CT molecular complexity index is 648. The summed E-state index contributed by atoms with van der Waals surface area (Å²) in [6, 6.07) is 9.24. The lowest BCUT2D eigenvalue weighted by Crippen LogP contribution is -2.50. The Hall–Kier alpha value is -2.70. The number of nitrogens with zero attached hydrogens (tertiary/aromatic N) is 5. The van der Waals surface area contributed by atoms with Crippen LogP contribution in [-0.4, -0.2) is 62.6 Å². The highest BCUT2D eigenvalue weighted by Crippen LogP contribution is 2.09. The van der Waals surface area contributed by atoms with Crippen molar-refractivity contribution in [3.05, 3.63) is 48.5 Å². The van der Waals surface area contributed by atoms with Crippen LogP contribution in [0.25, 0.3) is 0 Å². The summed E-state index contributed by atoms with van der Waals surface area (Å²) in [5.74, 6) is 0.118. The monoisotopic (exact) mass is 313 g/mol. The average molecular weight is 313 g/mol. The van der Waals surface area contributed by atoms with Gasteiger partial charge in [-0.1, -0.05) is 18.2 Å². The molecule has 0 bridgehead atoms. The zero-order valence-corrected chi connectivity index (χ0v) is 12.8. The van der Waals surface area contributed by atoms with Crippen LogP contribution >= 0.6 is 0 Å². The molecule has 0 N–H and O–H groups in total. The molecule has 0 aliphatic carbocycles. The van der Waals surface area contributed by atoms with Crippen LogP contribution in [0.1, 0.15) is 16.8 Å². The predicted molar refractivity (Wildman–Crippen MR) is 83.6 cm³/mol. The highest BCUT2D eigenvalue weighted by atomic mass is 16.2. The largest absolute Gasteiger partial charge is 0.339 e. The van der Waals surface area contributed by atoms with E-state index in [1.807, 2.05) is 35.2 Å². The van der Waals surface area contributed by atoms with Gasteiger partial charge in [-0.15, -0.1) is 0 Å². The van der Waals surface area contributed by atoms with E-state index in [4.69, 9.17) is 0 Å². The minimum atomic E-state index is 0.0281. The predicted octanol–water partition coefficient (Wildman–Crippen LogP) is 0.653. The molecule has 7 nitrogen and oxygen atoms in total. The van der Waals surface area contributed by atoms with Gasteiger partial charge < -0.3 is 9.80 Å². The van der Waals surface area contributed by atoms with Crippen LogP contribution in [0.3, 0.4) is 0 Å². The summed E-state index contributed by atoms with van der Waals surface area (Å²) < 4.78 is 1.65. The summed E-state index contributed by atoms with van der Waals surface area (Å²) in [6.07, 6.45) is 3.46. The molecule has 3 rings (SSSR count). The maximum absolute atomic E-state index is 12.4. The standard InChI is InChI=1S/C16H19N5O2/c22-15(6-7-21-13-17-12-18-21)19-8-10-20(11-9-19)16(23)14-4-2-1-3-5-14/h1-5,12-13H,6-11H2. The van der Waals surface area contributed by atoms with E-state index in [-0.39, 0.29) is 11.8 Å². The SMILES string of the molecule is O=C(CCn1cncn1)N1CCN(C(=O)c2ccccc2)CC1. The van der Waals surface area contributed by atoms with Crippen LogP contribution in [-0.2, 0) is 11.3 Å². The van der Waals surface area contributed by atoms with Gasteiger partial charge in [0.15, 0.2) is 0 Å². The summed E-state index contributed by atoms with van der Waals surface area (Å²) in [5, 5.41) is 3.98. The molecule has 1 aromatic carbocycles. The summed E-state index contributed by atoms with van der Waals surface area (Å²) in [6.45, 7) is 2.83. The minimum Gasteiger partial charge on any atom is -0.339 e. The van der Waals surface area contributed by atoms with Crippen molar-refractivity contribution >= 4 is 11.8 Å². The molecule has 2 amide bonds. The van der Waals surface area contributed by atoms with Crippen molar-refractivity contribution in [1.82, 2.24) is 24.6 Å². The van der Waals surface area contributed by atoms with Crippen molar-refractivity contribution in [2.45, 2.75) is 13.0 Å². The molecule has 0 radical (unpaired) electrons. The second kappa shape index (κ2) is 7.04. The van der Waals surface area contributed by atoms with Gasteiger partial charge in [-0.25, -0.2) is 4.98 Å². The Morgan fingerprint density at radius 2 is 1.70 bits per heavy atom.